The second-order valence-corrected chi connectivity index (χ2v) is 7.66. The summed E-state index contributed by atoms with van der Waals surface area (Å²) in [6.07, 6.45) is -4.89. The van der Waals surface area contributed by atoms with Crippen LogP contribution in [0, 0.1) is 0 Å². The molecule has 0 saturated carbocycles. The van der Waals surface area contributed by atoms with Gasteiger partial charge in [-0.3, -0.25) is 4.79 Å². The Balaban J connectivity index is 3.76. The van der Waals surface area contributed by atoms with Gasteiger partial charge in [-0.1, -0.05) is 41.5 Å². The van der Waals surface area contributed by atoms with Crippen molar-refractivity contribution in [2.75, 3.05) is 6.61 Å². The quantitative estimate of drug-likeness (QED) is 0.691. The summed E-state index contributed by atoms with van der Waals surface area (Å²) in [5, 5.41) is 0. The minimum absolute atomic E-state index is 0.337. The largest absolute Gasteiger partial charge is 0.493 e. The Hall–Kier alpha value is -1.52. The average molecular weight is 330 g/mol. The van der Waals surface area contributed by atoms with Gasteiger partial charge in [0.15, 0.2) is 0 Å². The van der Waals surface area contributed by atoms with E-state index < -0.39 is 22.8 Å². The molecule has 0 fully saturated rings. The summed E-state index contributed by atoms with van der Waals surface area (Å²) in [6, 6.07) is 2.63. The number of carbonyl (C=O) groups is 1. The molecule has 0 aliphatic heterocycles. The predicted octanol–water partition coefficient (Wildman–Crippen LogP) is 5.43. The molecule has 130 valence electrons. The maximum atomic E-state index is 12.9. The molecule has 5 heteroatoms. The summed E-state index contributed by atoms with van der Waals surface area (Å²) >= 11 is 0. The SMILES string of the molecule is CCOc1c(C(C)(C)C)cc(C(=O)C(F)(F)F)cc1C(C)(C)C. The third-order valence-corrected chi connectivity index (χ3v) is 3.51. The van der Waals surface area contributed by atoms with Gasteiger partial charge in [-0.25, -0.2) is 0 Å². The molecule has 0 aliphatic rings. The lowest BCUT2D eigenvalue weighted by Gasteiger charge is -2.30. The van der Waals surface area contributed by atoms with Crippen LogP contribution >= 0.6 is 0 Å². The summed E-state index contributed by atoms with van der Waals surface area (Å²) in [5.74, 6) is -1.25. The highest BCUT2D eigenvalue weighted by atomic mass is 19.4. The summed E-state index contributed by atoms with van der Waals surface area (Å²) in [4.78, 5) is 11.7. The smallest absolute Gasteiger partial charge is 0.454 e. The first-order chi connectivity index (χ1) is 10.2. The van der Waals surface area contributed by atoms with Crippen molar-refractivity contribution in [3.8, 4) is 5.75 Å². The van der Waals surface area contributed by atoms with E-state index in [1.807, 2.05) is 48.5 Å². The Kier molecular flexibility index (Phi) is 5.24. The molecular formula is C18H25F3O2. The highest BCUT2D eigenvalue weighted by Gasteiger charge is 2.41. The molecule has 0 heterocycles. The van der Waals surface area contributed by atoms with Gasteiger partial charge in [0, 0.05) is 16.7 Å². The van der Waals surface area contributed by atoms with Gasteiger partial charge < -0.3 is 4.74 Å². The third kappa shape index (κ3) is 4.49. The number of hydrogen-bond acceptors (Lipinski definition) is 2. The minimum Gasteiger partial charge on any atom is -0.493 e. The van der Waals surface area contributed by atoms with E-state index in [9.17, 15) is 18.0 Å². The molecule has 1 aromatic carbocycles. The van der Waals surface area contributed by atoms with Gasteiger partial charge in [0.2, 0.25) is 0 Å². The van der Waals surface area contributed by atoms with Gasteiger partial charge in [0.25, 0.3) is 5.78 Å². The number of ketones is 1. The molecule has 0 bridgehead atoms. The van der Waals surface area contributed by atoms with Crippen LogP contribution in [-0.2, 0) is 10.8 Å². The van der Waals surface area contributed by atoms with E-state index >= 15 is 0 Å². The van der Waals surface area contributed by atoms with Crippen LogP contribution in [0.2, 0.25) is 0 Å². The van der Waals surface area contributed by atoms with Crippen molar-refractivity contribution in [2.45, 2.75) is 65.5 Å². The normalized spacial score (nSPS) is 13.1. The molecule has 0 radical (unpaired) electrons. The zero-order chi connectivity index (χ0) is 18.2. The van der Waals surface area contributed by atoms with Crippen LogP contribution in [0.25, 0.3) is 0 Å². The molecule has 0 saturated heterocycles. The number of alkyl halides is 3. The van der Waals surface area contributed by atoms with E-state index in [0.717, 1.165) is 0 Å². The first-order valence-electron chi connectivity index (χ1n) is 7.63. The minimum atomic E-state index is -4.89. The molecule has 0 unspecified atom stereocenters. The van der Waals surface area contributed by atoms with E-state index in [4.69, 9.17) is 4.74 Å². The standard InChI is InChI=1S/C18H25F3O2/c1-8-23-14-12(16(2,3)4)9-11(15(22)18(19,20)21)10-13(14)17(5,6)7/h9-10H,8H2,1-7H3. The fourth-order valence-electron chi connectivity index (χ4n) is 2.34. The van der Waals surface area contributed by atoms with Gasteiger partial charge in [-0.2, -0.15) is 13.2 Å². The van der Waals surface area contributed by atoms with Crippen molar-refractivity contribution < 1.29 is 22.7 Å². The van der Waals surface area contributed by atoms with E-state index in [-0.39, 0.29) is 5.56 Å². The zero-order valence-electron chi connectivity index (χ0n) is 14.8. The van der Waals surface area contributed by atoms with Crippen molar-refractivity contribution in [1.29, 1.82) is 0 Å². The lowest BCUT2D eigenvalue weighted by Crippen LogP contribution is -2.26. The number of ether oxygens (including phenoxy) is 1. The topological polar surface area (TPSA) is 26.3 Å². The molecule has 0 amide bonds. The number of carbonyl (C=O) groups excluding carboxylic acids is 1. The van der Waals surface area contributed by atoms with Crippen molar-refractivity contribution >= 4 is 5.78 Å². The highest BCUT2D eigenvalue weighted by molar-refractivity contribution is 6.01. The summed E-state index contributed by atoms with van der Waals surface area (Å²) < 4.78 is 44.3. The molecule has 0 atom stereocenters. The summed E-state index contributed by atoms with van der Waals surface area (Å²) in [5.41, 5.74) is -0.0201. The Morgan fingerprint density at radius 1 is 0.957 bits per heavy atom. The molecule has 0 aromatic heterocycles. The second-order valence-electron chi connectivity index (χ2n) is 7.66. The van der Waals surface area contributed by atoms with Gasteiger partial charge >= 0.3 is 6.18 Å². The lowest BCUT2D eigenvalue weighted by molar-refractivity contribution is -0.0885. The van der Waals surface area contributed by atoms with E-state index in [1.165, 1.54) is 12.1 Å². The molecule has 0 aliphatic carbocycles. The van der Waals surface area contributed by atoms with E-state index in [2.05, 4.69) is 0 Å². The monoisotopic (exact) mass is 330 g/mol. The van der Waals surface area contributed by atoms with Crippen LogP contribution in [0.1, 0.15) is 70.0 Å². The van der Waals surface area contributed by atoms with Crippen LogP contribution < -0.4 is 4.74 Å². The van der Waals surface area contributed by atoms with Crippen molar-refractivity contribution in [3.05, 3.63) is 28.8 Å². The number of hydrogen-bond donors (Lipinski definition) is 0. The van der Waals surface area contributed by atoms with E-state index in [0.29, 0.717) is 23.5 Å². The second kappa shape index (κ2) is 6.17. The molecule has 2 nitrogen and oxygen atoms in total. The number of halogens is 3. The van der Waals surface area contributed by atoms with E-state index in [1.54, 1.807) is 0 Å². The van der Waals surface area contributed by atoms with Crippen LogP contribution in [0.15, 0.2) is 12.1 Å². The van der Waals surface area contributed by atoms with Crippen molar-refractivity contribution in [2.24, 2.45) is 0 Å². The Morgan fingerprint density at radius 3 is 1.61 bits per heavy atom. The Morgan fingerprint density at radius 2 is 1.35 bits per heavy atom. The number of Topliss-reactive ketones (excluding diaryl/α,β-unsaturated/α-hetero) is 1. The van der Waals surface area contributed by atoms with Crippen LogP contribution in [0.5, 0.6) is 5.75 Å². The van der Waals surface area contributed by atoms with Crippen LogP contribution in [-0.4, -0.2) is 18.6 Å². The fourth-order valence-corrected chi connectivity index (χ4v) is 2.34. The maximum absolute atomic E-state index is 12.9. The molecule has 1 aromatic rings. The Bertz CT molecular complexity index is 553. The third-order valence-electron chi connectivity index (χ3n) is 3.51. The van der Waals surface area contributed by atoms with Crippen molar-refractivity contribution in [3.63, 3.8) is 0 Å². The average Bonchev–Trinajstić information content (AvgIpc) is 2.34. The van der Waals surface area contributed by atoms with Crippen LogP contribution in [0.3, 0.4) is 0 Å². The molecule has 0 N–H and O–H groups in total. The Labute approximate surface area is 136 Å². The molecule has 0 spiro atoms. The zero-order valence-corrected chi connectivity index (χ0v) is 14.8. The molecule has 1 rings (SSSR count). The van der Waals surface area contributed by atoms with Crippen molar-refractivity contribution in [1.82, 2.24) is 0 Å². The summed E-state index contributed by atoms with van der Waals surface area (Å²) in [6.45, 7) is 13.6. The molecular weight excluding hydrogens is 305 g/mol. The molecule has 23 heavy (non-hydrogen) atoms. The summed E-state index contributed by atoms with van der Waals surface area (Å²) in [7, 11) is 0. The van der Waals surface area contributed by atoms with Gasteiger partial charge in [-0.15, -0.1) is 0 Å². The predicted molar refractivity (Wildman–Crippen MR) is 85.4 cm³/mol. The number of benzene rings is 1. The fraction of sp³-hybridized carbons (Fsp3) is 0.611. The lowest BCUT2D eigenvalue weighted by atomic mass is 9.78. The first kappa shape index (κ1) is 19.5. The maximum Gasteiger partial charge on any atom is 0.454 e. The van der Waals surface area contributed by atoms with Crippen LogP contribution in [0.4, 0.5) is 13.2 Å². The van der Waals surface area contributed by atoms with Gasteiger partial charge in [-0.05, 0) is 29.9 Å². The van der Waals surface area contributed by atoms with Gasteiger partial charge in [0.05, 0.1) is 6.61 Å². The highest BCUT2D eigenvalue weighted by Crippen LogP contribution is 2.41. The number of rotatable bonds is 3. The van der Waals surface area contributed by atoms with Gasteiger partial charge in [0.1, 0.15) is 5.75 Å². The first-order valence-corrected chi connectivity index (χ1v) is 7.63.